The molecule has 0 saturated carbocycles. The molecule has 9 heteroatoms. The Kier molecular flexibility index (Phi) is 5.54. The Bertz CT molecular complexity index is 718. The standard InChI is InChI=1S/C16H19NO.6FH.Sb/c1-13-11-16(18)10-9-14(13)12-17(2,3)15-7-5-4-6-8-15;;;;;;;/h4-11H,12H2,1-3H3;6*1H;/q;;;;;;;+5/p-5. The zero-order valence-corrected chi connectivity index (χ0v) is 16.5. The molecule has 2 rings (SSSR count). The fourth-order valence-corrected chi connectivity index (χ4v) is 2.21. The van der Waals surface area contributed by atoms with Gasteiger partial charge in [-0.2, -0.15) is 0 Å². The van der Waals surface area contributed by atoms with Gasteiger partial charge < -0.3 is 5.11 Å². The number of nitrogens with zero attached hydrogens (tertiary/aromatic N) is 1. The van der Waals surface area contributed by atoms with Crippen LogP contribution in [0.2, 0.25) is 0 Å². The molecule has 0 aromatic heterocycles. The van der Waals surface area contributed by atoms with Gasteiger partial charge in [-0.1, -0.05) is 18.2 Å². The monoisotopic (exact) mass is 477 g/mol. The van der Waals surface area contributed by atoms with E-state index in [0.717, 1.165) is 16.6 Å². The maximum atomic E-state index is 9.93. The molecule has 142 valence electrons. The van der Waals surface area contributed by atoms with Crippen molar-refractivity contribution in [3.05, 3.63) is 59.7 Å². The predicted molar refractivity (Wildman–Crippen MR) is 89.0 cm³/mol. The molecule has 1 N–H and O–H groups in total. The predicted octanol–water partition coefficient (Wildman–Crippen LogP) is 5.61. The molecule has 2 nitrogen and oxygen atoms in total. The molecule has 0 heterocycles. The van der Waals surface area contributed by atoms with Gasteiger partial charge >= 0.3 is 36.4 Å². The number of benzene rings is 2. The minimum absolute atomic E-state index is 0.335. The number of rotatable bonds is 3. The Morgan fingerprint density at radius 2 is 1.36 bits per heavy atom. The average molecular weight is 478 g/mol. The van der Waals surface area contributed by atoms with E-state index in [2.05, 4.69) is 38.4 Å². The zero-order valence-electron chi connectivity index (χ0n) is 13.9. The molecule has 0 atom stereocenters. The summed E-state index contributed by atoms with van der Waals surface area (Å²) in [6, 6.07) is 16.1. The van der Waals surface area contributed by atoms with Gasteiger partial charge in [0.05, 0.1) is 14.1 Å². The molecule has 0 saturated heterocycles. The first-order valence-corrected chi connectivity index (χ1v) is 13.0. The van der Waals surface area contributed by atoms with Gasteiger partial charge in [0.25, 0.3) is 0 Å². The number of aromatic hydroxyl groups is 1. The van der Waals surface area contributed by atoms with Crippen LogP contribution in [-0.4, -0.2) is 38.7 Å². The SMILES string of the molecule is Cc1cc(O)ccc1C[N+](C)(C)c1ccccc1.[F][Sb-]([F])([F])([F])([F])[F]. The molecular formula is C16H20F6NOSb. The van der Waals surface area contributed by atoms with Crippen molar-refractivity contribution in [1.29, 1.82) is 0 Å². The van der Waals surface area contributed by atoms with E-state index >= 15 is 0 Å². The van der Waals surface area contributed by atoms with Crippen molar-refractivity contribution in [3.63, 3.8) is 0 Å². The number of aryl methyl sites for hydroxylation is 1. The van der Waals surface area contributed by atoms with Crippen LogP contribution in [0.25, 0.3) is 0 Å². The second kappa shape index (κ2) is 6.40. The van der Waals surface area contributed by atoms with E-state index in [1.54, 1.807) is 6.07 Å². The summed E-state index contributed by atoms with van der Waals surface area (Å²) in [5.74, 6) is 0.335. The van der Waals surface area contributed by atoms with Crippen molar-refractivity contribution < 1.29 is 22.0 Å². The van der Waals surface area contributed by atoms with E-state index in [9.17, 15) is 22.0 Å². The Hall–Kier alpha value is -1.40. The van der Waals surface area contributed by atoms with Crippen LogP contribution in [0, 0.1) is 6.92 Å². The van der Waals surface area contributed by atoms with E-state index in [-0.39, 0.29) is 0 Å². The van der Waals surface area contributed by atoms with E-state index in [1.807, 2.05) is 25.1 Å². The van der Waals surface area contributed by atoms with Crippen molar-refractivity contribution in [2.45, 2.75) is 13.5 Å². The summed E-state index contributed by atoms with van der Waals surface area (Å²) in [5, 5.41) is 9.45. The number of hydrogen-bond donors (Lipinski definition) is 1. The van der Waals surface area contributed by atoms with Gasteiger partial charge in [-0.15, -0.1) is 0 Å². The van der Waals surface area contributed by atoms with E-state index < -0.39 is 19.5 Å². The summed E-state index contributed by atoms with van der Waals surface area (Å²) in [4.78, 5) is 0. The molecule has 0 amide bonds. The normalized spacial score (nSPS) is 14.8. The summed E-state index contributed by atoms with van der Waals surface area (Å²) in [6.45, 7) is 2.95. The van der Waals surface area contributed by atoms with Gasteiger partial charge in [0.15, 0.2) is 0 Å². The number of quaternary nitrogens is 1. The first-order chi connectivity index (χ1) is 10.9. The van der Waals surface area contributed by atoms with Gasteiger partial charge in [-0.05, 0) is 42.8 Å². The Labute approximate surface area is 144 Å². The first-order valence-electron chi connectivity index (χ1n) is 7.17. The van der Waals surface area contributed by atoms with Crippen molar-refractivity contribution in [3.8, 4) is 5.75 Å². The van der Waals surface area contributed by atoms with Crippen LogP contribution in [0.1, 0.15) is 11.1 Å². The number of para-hydroxylation sites is 1. The van der Waals surface area contributed by atoms with Crippen LogP contribution >= 0.6 is 0 Å². The number of hydrogen-bond acceptors (Lipinski definition) is 1. The van der Waals surface area contributed by atoms with Crippen molar-refractivity contribution >= 4 is 25.2 Å². The molecule has 0 unspecified atom stereocenters. The molecular weight excluding hydrogens is 458 g/mol. The first kappa shape index (κ1) is 21.6. The van der Waals surface area contributed by atoms with Gasteiger partial charge in [0.1, 0.15) is 18.0 Å². The summed E-state index contributed by atoms with van der Waals surface area (Å²) in [6.07, 6.45) is 0. The number of halogens is 6. The van der Waals surface area contributed by atoms with Gasteiger partial charge in [0.2, 0.25) is 0 Å². The molecule has 2 aromatic carbocycles. The fourth-order valence-electron chi connectivity index (χ4n) is 2.21. The molecule has 0 aliphatic heterocycles. The van der Waals surface area contributed by atoms with Crippen LogP contribution in [0.5, 0.6) is 5.75 Å². The Morgan fingerprint density at radius 3 is 1.80 bits per heavy atom. The van der Waals surface area contributed by atoms with Crippen LogP contribution in [-0.2, 0) is 6.54 Å². The average Bonchev–Trinajstić information content (AvgIpc) is 2.39. The summed E-state index contributed by atoms with van der Waals surface area (Å²) in [7, 11) is 4.39. The van der Waals surface area contributed by atoms with E-state index in [1.165, 1.54) is 11.3 Å². The topological polar surface area (TPSA) is 20.2 Å². The Morgan fingerprint density at radius 1 is 0.880 bits per heavy atom. The molecule has 0 spiro atoms. The van der Waals surface area contributed by atoms with Crippen LogP contribution in [0.4, 0.5) is 22.6 Å². The van der Waals surface area contributed by atoms with Gasteiger partial charge in [0, 0.05) is 5.56 Å². The van der Waals surface area contributed by atoms with Crippen LogP contribution < -0.4 is 4.48 Å². The van der Waals surface area contributed by atoms with Crippen LogP contribution in [0.15, 0.2) is 48.5 Å². The second-order valence-electron chi connectivity index (χ2n) is 6.25. The summed E-state index contributed by atoms with van der Waals surface area (Å²) < 4.78 is 60.3. The van der Waals surface area contributed by atoms with Gasteiger partial charge in [-0.25, -0.2) is 0 Å². The van der Waals surface area contributed by atoms with E-state index in [0.29, 0.717) is 5.75 Å². The van der Waals surface area contributed by atoms with Crippen molar-refractivity contribution in [1.82, 2.24) is 4.48 Å². The molecule has 0 radical (unpaired) electrons. The maximum absolute atomic E-state index is 11.2. The third-order valence-corrected chi connectivity index (χ3v) is 3.35. The third kappa shape index (κ3) is 10.2. The second-order valence-corrected chi connectivity index (χ2v) is 11.7. The molecule has 0 aliphatic rings. The fraction of sp³-hybridized carbons (Fsp3) is 0.250. The molecule has 0 bridgehead atoms. The van der Waals surface area contributed by atoms with E-state index in [4.69, 9.17) is 0 Å². The van der Waals surface area contributed by atoms with Crippen LogP contribution in [0.3, 0.4) is 0 Å². The van der Waals surface area contributed by atoms with Crippen molar-refractivity contribution in [2.75, 3.05) is 14.1 Å². The molecule has 0 aliphatic carbocycles. The van der Waals surface area contributed by atoms with Crippen molar-refractivity contribution in [2.24, 2.45) is 0 Å². The molecule has 0 fully saturated rings. The summed E-state index contributed by atoms with van der Waals surface area (Å²) >= 11 is -11.2. The Balaban J connectivity index is 0.000000381. The summed E-state index contributed by atoms with van der Waals surface area (Å²) in [5.41, 5.74) is 3.68. The molecule has 25 heavy (non-hydrogen) atoms. The quantitative estimate of drug-likeness (QED) is 0.346. The zero-order chi connectivity index (χ0) is 19.6. The molecule has 2 aromatic rings. The third-order valence-electron chi connectivity index (χ3n) is 3.35. The van der Waals surface area contributed by atoms with Gasteiger partial charge in [-0.3, -0.25) is 4.48 Å². The number of phenols is 1. The number of phenolic OH excluding ortho intramolecular Hbond substituents is 1. The minimum atomic E-state index is -11.2.